The third-order valence-corrected chi connectivity index (χ3v) is 10.1. The molecule has 6 aromatic rings. The molecule has 0 atom stereocenters. The third kappa shape index (κ3) is 9.40. The van der Waals surface area contributed by atoms with E-state index in [0.29, 0.717) is 17.9 Å². The summed E-state index contributed by atoms with van der Waals surface area (Å²) < 4.78 is 26.5. The molecule has 0 radical (unpaired) electrons. The molecule has 0 unspecified atom stereocenters. The summed E-state index contributed by atoms with van der Waals surface area (Å²) in [6.45, 7) is 6.48. The highest BCUT2D eigenvalue weighted by Crippen LogP contribution is 2.32. The predicted molar refractivity (Wildman–Crippen MR) is 219 cm³/mol. The summed E-state index contributed by atoms with van der Waals surface area (Å²) >= 11 is 0. The summed E-state index contributed by atoms with van der Waals surface area (Å²) in [5.41, 5.74) is 5.31. The van der Waals surface area contributed by atoms with Gasteiger partial charge in [-0.2, -0.15) is 9.97 Å². The van der Waals surface area contributed by atoms with Crippen LogP contribution >= 0.6 is 0 Å². The number of amides is 2. The van der Waals surface area contributed by atoms with E-state index in [1.54, 1.807) is 24.3 Å². The molecule has 288 valence electrons. The lowest BCUT2D eigenvalue weighted by atomic mass is 9.95. The highest BCUT2D eigenvalue weighted by molar-refractivity contribution is 5.97. The van der Waals surface area contributed by atoms with Crippen LogP contribution < -0.4 is 20.9 Å². The topological polar surface area (TPSA) is 128 Å². The Balaban J connectivity index is 0.000000172. The van der Waals surface area contributed by atoms with Crippen molar-refractivity contribution in [3.05, 3.63) is 96.6 Å². The van der Waals surface area contributed by atoms with Crippen molar-refractivity contribution in [2.45, 2.75) is 52.0 Å². The highest BCUT2D eigenvalue weighted by Gasteiger charge is 2.21. The van der Waals surface area contributed by atoms with E-state index < -0.39 is 0 Å². The van der Waals surface area contributed by atoms with E-state index in [0.717, 1.165) is 94.7 Å². The number of hydrogen-bond acceptors (Lipinski definition) is 9. The van der Waals surface area contributed by atoms with Gasteiger partial charge < -0.3 is 15.1 Å². The zero-order valence-electron chi connectivity index (χ0n) is 31.8. The standard InChI is InChI=1S/C22H23FN4O.C21H22FN5O/c1-14(28)24-22-26-20-12-9-16(15-7-10-17(23)11-8-15)13-19(20)21(27-22)25-18-5-3-2-4-6-18;1-14(28)23-21-24-19-8-5-16(15-3-6-17(22)7-4-15)13-18(19)20(25-21)27-11-9-26(2)10-12-27/h7-13,18H,2-6H2,1H3,(H2,24,25,26,27,28);3-8,13H,9-12H2,1-2H3,(H,23,24,25,28). The lowest BCUT2D eigenvalue weighted by Gasteiger charge is -2.33. The molecule has 2 aromatic heterocycles. The van der Waals surface area contributed by atoms with Crippen LogP contribution in [0.25, 0.3) is 44.1 Å². The van der Waals surface area contributed by atoms with Crippen molar-refractivity contribution in [2.24, 2.45) is 0 Å². The van der Waals surface area contributed by atoms with Crippen LogP contribution in [0, 0.1) is 11.6 Å². The van der Waals surface area contributed by atoms with E-state index >= 15 is 0 Å². The van der Waals surface area contributed by atoms with Gasteiger partial charge in [0.1, 0.15) is 23.3 Å². The van der Waals surface area contributed by atoms with Gasteiger partial charge in [0, 0.05) is 56.8 Å². The Bertz CT molecular complexity index is 2340. The predicted octanol–water partition coefficient (Wildman–Crippen LogP) is 8.29. The number of piperazine rings is 1. The summed E-state index contributed by atoms with van der Waals surface area (Å²) in [7, 11) is 2.10. The summed E-state index contributed by atoms with van der Waals surface area (Å²) in [5.74, 6) is 1.22. The second-order valence-electron chi connectivity index (χ2n) is 14.4. The zero-order chi connectivity index (χ0) is 39.2. The van der Waals surface area contributed by atoms with Crippen molar-refractivity contribution in [1.82, 2.24) is 24.8 Å². The normalized spacial score (nSPS) is 14.9. The van der Waals surface area contributed by atoms with E-state index in [4.69, 9.17) is 0 Å². The zero-order valence-corrected chi connectivity index (χ0v) is 31.8. The van der Waals surface area contributed by atoms with Crippen LogP contribution in [0.15, 0.2) is 84.9 Å². The molecule has 0 spiro atoms. The highest BCUT2D eigenvalue weighted by atomic mass is 19.1. The van der Waals surface area contributed by atoms with Gasteiger partial charge in [-0.05, 0) is 90.7 Å². The first-order chi connectivity index (χ1) is 27.1. The fourth-order valence-corrected chi connectivity index (χ4v) is 7.12. The number of rotatable bonds is 7. The van der Waals surface area contributed by atoms with E-state index in [-0.39, 0.29) is 23.4 Å². The van der Waals surface area contributed by atoms with Gasteiger partial charge in [-0.1, -0.05) is 55.7 Å². The van der Waals surface area contributed by atoms with Crippen LogP contribution in [0.4, 0.5) is 32.3 Å². The van der Waals surface area contributed by atoms with Crippen LogP contribution in [0.1, 0.15) is 46.0 Å². The molecule has 2 amide bonds. The first-order valence-corrected chi connectivity index (χ1v) is 19.0. The molecule has 8 rings (SSSR count). The van der Waals surface area contributed by atoms with Gasteiger partial charge >= 0.3 is 0 Å². The summed E-state index contributed by atoms with van der Waals surface area (Å²) in [4.78, 5) is 45.7. The molecule has 0 bridgehead atoms. The smallest absolute Gasteiger partial charge is 0.231 e. The number of carbonyl (C=O) groups excluding carboxylic acids is 2. The molecular weight excluding hydrogens is 713 g/mol. The van der Waals surface area contributed by atoms with Gasteiger partial charge in [-0.3, -0.25) is 20.2 Å². The second kappa shape index (κ2) is 17.2. The minimum Gasteiger partial charge on any atom is -0.367 e. The number of aromatic nitrogens is 4. The summed E-state index contributed by atoms with van der Waals surface area (Å²) in [5, 5.41) is 10.8. The number of hydrogen-bond donors (Lipinski definition) is 3. The van der Waals surface area contributed by atoms with Crippen molar-refractivity contribution in [3.63, 3.8) is 0 Å². The molecule has 3 heterocycles. The van der Waals surface area contributed by atoms with Gasteiger partial charge in [0.25, 0.3) is 0 Å². The van der Waals surface area contributed by atoms with Crippen molar-refractivity contribution in [1.29, 1.82) is 0 Å². The van der Waals surface area contributed by atoms with E-state index in [2.05, 4.69) is 52.7 Å². The number of halogens is 2. The summed E-state index contributed by atoms with van der Waals surface area (Å²) in [6.07, 6.45) is 5.91. The van der Waals surface area contributed by atoms with Gasteiger partial charge in [-0.15, -0.1) is 0 Å². The molecule has 2 fully saturated rings. The first-order valence-electron chi connectivity index (χ1n) is 19.0. The van der Waals surface area contributed by atoms with Crippen molar-refractivity contribution < 1.29 is 18.4 Å². The molecule has 1 aliphatic heterocycles. The van der Waals surface area contributed by atoms with Crippen LogP contribution in [0.5, 0.6) is 0 Å². The fraction of sp³-hybridized carbons (Fsp3) is 0.302. The Morgan fingerprint density at radius 3 is 1.62 bits per heavy atom. The lowest BCUT2D eigenvalue weighted by molar-refractivity contribution is -0.115. The second-order valence-corrected chi connectivity index (χ2v) is 14.4. The van der Waals surface area contributed by atoms with Crippen molar-refractivity contribution in [2.75, 3.05) is 54.1 Å². The molecular formula is C43H45F2N9O2. The van der Waals surface area contributed by atoms with Crippen LogP contribution in [-0.2, 0) is 9.59 Å². The maximum absolute atomic E-state index is 13.3. The van der Waals surface area contributed by atoms with Gasteiger partial charge in [-0.25, -0.2) is 18.7 Å². The first kappa shape index (κ1) is 38.2. The minimum absolute atomic E-state index is 0.202. The molecule has 56 heavy (non-hydrogen) atoms. The van der Waals surface area contributed by atoms with Crippen LogP contribution in [-0.4, -0.2) is 75.9 Å². The Morgan fingerprint density at radius 2 is 1.09 bits per heavy atom. The molecule has 1 saturated heterocycles. The SMILES string of the molecule is CC(=O)Nc1nc(N2CCN(C)CC2)c2cc(-c3ccc(F)cc3)ccc2n1.CC(=O)Nc1nc(NC2CCCCC2)c2cc(-c3ccc(F)cc3)ccc2n1. The molecule has 3 N–H and O–H groups in total. The van der Waals surface area contributed by atoms with Gasteiger partial charge in [0.2, 0.25) is 23.7 Å². The number of fused-ring (bicyclic) bond motifs is 2. The number of nitrogens with one attached hydrogen (secondary N) is 3. The number of anilines is 4. The monoisotopic (exact) mass is 757 g/mol. The van der Waals surface area contributed by atoms with E-state index in [1.807, 2.05) is 36.4 Å². The van der Waals surface area contributed by atoms with E-state index in [1.165, 1.54) is 57.4 Å². The Hall–Kier alpha value is -6.08. The number of likely N-dealkylation sites (N-methyl/N-ethyl adjacent to an activating group) is 1. The Labute approximate surface area is 324 Å². The molecule has 11 nitrogen and oxygen atoms in total. The number of carbonyl (C=O) groups is 2. The molecule has 4 aromatic carbocycles. The average molecular weight is 758 g/mol. The average Bonchev–Trinajstić information content (AvgIpc) is 3.18. The van der Waals surface area contributed by atoms with Crippen molar-refractivity contribution >= 4 is 57.2 Å². The molecule has 13 heteroatoms. The maximum atomic E-state index is 13.3. The molecule has 1 aliphatic carbocycles. The number of benzene rings is 4. The minimum atomic E-state index is -0.258. The fourth-order valence-electron chi connectivity index (χ4n) is 7.12. The maximum Gasteiger partial charge on any atom is 0.231 e. The largest absolute Gasteiger partial charge is 0.367 e. The third-order valence-electron chi connectivity index (χ3n) is 10.1. The Kier molecular flexibility index (Phi) is 11.7. The quantitative estimate of drug-likeness (QED) is 0.147. The van der Waals surface area contributed by atoms with Gasteiger partial charge in [0.05, 0.1) is 11.0 Å². The van der Waals surface area contributed by atoms with Crippen LogP contribution in [0.3, 0.4) is 0 Å². The lowest BCUT2D eigenvalue weighted by Crippen LogP contribution is -2.45. The van der Waals surface area contributed by atoms with Crippen molar-refractivity contribution in [3.8, 4) is 22.3 Å². The van der Waals surface area contributed by atoms with Gasteiger partial charge in [0.15, 0.2) is 0 Å². The molecule has 2 aliphatic rings. The van der Waals surface area contributed by atoms with Crippen LogP contribution in [0.2, 0.25) is 0 Å². The Morgan fingerprint density at radius 1 is 0.607 bits per heavy atom. The number of nitrogens with zero attached hydrogens (tertiary/aromatic N) is 6. The molecule has 1 saturated carbocycles. The summed E-state index contributed by atoms with van der Waals surface area (Å²) in [6, 6.07) is 25.0. The van der Waals surface area contributed by atoms with E-state index in [9.17, 15) is 18.4 Å².